The van der Waals surface area contributed by atoms with Crippen molar-refractivity contribution in [3.63, 3.8) is 0 Å². The van der Waals surface area contributed by atoms with Crippen LogP contribution in [0.25, 0.3) is 0 Å². The molecule has 2 unspecified atom stereocenters. The second-order valence-corrected chi connectivity index (χ2v) is 7.69. The van der Waals surface area contributed by atoms with Gasteiger partial charge in [-0.15, -0.1) is 0 Å². The molecule has 0 aromatic heterocycles. The molecule has 26 heavy (non-hydrogen) atoms. The second kappa shape index (κ2) is 8.37. The average Bonchev–Trinajstić information content (AvgIpc) is 2.60. The number of ether oxygens (including phenoxy) is 1. The number of hydrogen-bond acceptors (Lipinski definition) is 4. The van der Waals surface area contributed by atoms with Crippen molar-refractivity contribution < 1.29 is 14.3 Å². The zero-order valence-corrected chi connectivity index (χ0v) is 16.4. The van der Waals surface area contributed by atoms with Crippen LogP contribution in [-0.2, 0) is 14.3 Å². The molecule has 7 heteroatoms. The number of carbonyl (C=O) groups is 2. The summed E-state index contributed by atoms with van der Waals surface area (Å²) in [6.45, 7) is 6.85. The zero-order valence-electron chi connectivity index (χ0n) is 15.6. The molecular weight excluding hydrogens is 354 g/mol. The van der Waals surface area contributed by atoms with Crippen LogP contribution in [-0.4, -0.2) is 36.6 Å². The van der Waals surface area contributed by atoms with Gasteiger partial charge in [0.15, 0.2) is 0 Å². The molecule has 1 aliphatic rings. The van der Waals surface area contributed by atoms with E-state index in [0.29, 0.717) is 43.1 Å². The molecule has 4 N–H and O–H groups in total. The summed E-state index contributed by atoms with van der Waals surface area (Å²) in [6, 6.07) is 6.92. The van der Waals surface area contributed by atoms with Gasteiger partial charge in [-0.2, -0.15) is 0 Å². The molecule has 0 aliphatic heterocycles. The third-order valence-corrected chi connectivity index (χ3v) is 5.48. The van der Waals surface area contributed by atoms with Crippen molar-refractivity contribution in [1.29, 1.82) is 0 Å². The van der Waals surface area contributed by atoms with Crippen molar-refractivity contribution in [2.75, 3.05) is 18.5 Å². The predicted octanol–water partition coefficient (Wildman–Crippen LogP) is 2.71. The molecule has 0 spiro atoms. The van der Waals surface area contributed by atoms with E-state index in [1.54, 1.807) is 24.3 Å². The van der Waals surface area contributed by atoms with Crippen molar-refractivity contribution in [1.82, 2.24) is 5.32 Å². The standard InChI is InChI=1S/C19H28ClN3O3/c1-4-26-15-12-19(21,18(15,2)3)17(25)22-11-5-6-16(24)23-14-9-7-13(20)8-10-14/h7-10,15H,4-6,11-12,21H2,1-3H3,(H,22,25)(H,23,24). The molecule has 1 saturated carbocycles. The van der Waals surface area contributed by atoms with Gasteiger partial charge in [0, 0.05) is 42.1 Å². The van der Waals surface area contributed by atoms with Crippen molar-refractivity contribution >= 4 is 29.1 Å². The Hall–Kier alpha value is -1.63. The third-order valence-electron chi connectivity index (χ3n) is 5.23. The molecule has 0 saturated heterocycles. The Labute approximate surface area is 159 Å². The Balaban J connectivity index is 1.71. The van der Waals surface area contributed by atoms with E-state index in [2.05, 4.69) is 10.6 Å². The molecule has 2 atom stereocenters. The molecule has 0 bridgehead atoms. The van der Waals surface area contributed by atoms with Gasteiger partial charge in [0.2, 0.25) is 11.8 Å². The molecule has 6 nitrogen and oxygen atoms in total. The van der Waals surface area contributed by atoms with Crippen molar-refractivity contribution in [3.8, 4) is 0 Å². The lowest BCUT2D eigenvalue weighted by Crippen LogP contribution is -2.75. The minimum absolute atomic E-state index is 0.00611. The summed E-state index contributed by atoms with van der Waals surface area (Å²) in [4.78, 5) is 24.4. The van der Waals surface area contributed by atoms with E-state index in [1.807, 2.05) is 20.8 Å². The molecule has 2 amide bonds. The average molecular weight is 382 g/mol. The first-order valence-corrected chi connectivity index (χ1v) is 9.32. The Bertz CT molecular complexity index is 648. The number of halogens is 1. The number of rotatable bonds is 8. The minimum atomic E-state index is -0.932. The fourth-order valence-corrected chi connectivity index (χ4v) is 3.31. The summed E-state index contributed by atoms with van der Waals surface area (Å²) in [5.41, 5.74) is 5.67. The lowest BCUT2D eigenvalue weighted by Gasteiger charge is -2.57. The molecular formula is C19H28ClN3O3. The van der Waals surface area contributed by atoms with E-state index in [1.165, 1.54) is 0 Å². The second-order valence-electron chi connectivity index (χ2n) is 7.26. The van der Waals surface area contributed by atoms with Gasteiger partial charge in [-0.05, 0) is 37.6 Å². The zero-order chi connectivity index (χ0) is 19.4. The molecule has 1 aliphatic carbocycles. The maximum absolute atomic E-state index is 12.5. The van der Waals surface area contributed by atoms with Crippen LogP contribution in [0.2, 0.25) is 5.02 Å². The fourth-order valence-electron chi connectivity index (χ4n) is 3.19. The highest BCUT2D eigenvalue weighted by atomic mass is 35.5. The monoisotopic (exact) mass is 381 g/mol. The van der Waals surface area contributed by atoms with E-state index in [0.717, 1.165) is 0 Å². The maximum Gasteiger partial charge on any atom is 0.240 e. The number of carbonyl (C=O) groups excluding carboxylic acids is 2. The highest BCUT2D eigenvalue weighted by Crippen LogP contribution is 2.49. The maximum atomic E-state index is 12.5. The quantitative estimate of drug-likeness (QED) is 0.603. The first-order chi connectivity index (χ1) is 12.2. The van der Waals surface area contributed by atoms with E-state index in [4.69, 9.17) is 22.1 Å². The van der Waals surface area contributed by atoms with Gasteiger partial charge in [-0.3, -0.25) is 9.59 Å². The summed E-state index contributed by atoms with van der Waals surface area (Å²) in [6.07, 6.45) is 1.35. The van der Waals surface area contributed by atoms with Crippen LogP contribution < -0.4 is 16.4 Å². The van der Waals surface area contributed by atoms with Crippen LogP contribution in [0.1, 0.15) is 40.0 Å². The largest absolute Gasteiger partial charge is 0.378 e. The van der Waals surface area contributed by atoms with E-state index in [9.17, 15) is 9.59 Å². The molecule has 2 rings (SSSR count). The number of amides is 2. The Morgan fingerprint density at radius 3 is 2.54 bits per heavy atom. The Morgan fingerprint density at radius 2 is 1.96 bits per heavy atom. The number of hydrogen-bond donors (Lipinski definition) is 3. The summed E-state index contributed by atoms with van der Waals surface area (Å²) in [5.74, 6) is -0.291. The molecule has 1 fully saturated rings. The van der Waals surface area contributed by atoms with Gasteiger partial charge in [-0.1, -0.05) is 25.4 Å². The Kier molecular flexibility index (Phi) is 6.66. The van der Waals surface area contributed by atoms with Crippen LogP contribution in [0.15, 0.2) is 24.3 Å². The smallest absolute Gasteiger partial charge is 0.240 e. The normalized spacial score (nSPS) is 23.8. The fraction of sp³-hybridized carbons (Fsp3) is 0.579. The summed E-state index contributed by atoms with van der Waals surface area (Å²) < 4.78 is 5.64. The molecule has 0 heterocycles. The lowest BCUT2D eigenvalue weighted by atomic mass is 9.54. The molecule has 1 aromatic carbocycles. The number of nitrogens with one attached hydrogen (secondary N) is 2. The molecule has 1 aromatic rings. The highest BCUT2D eigenvalue weighted by Gasteiger charge is 2.62. The van der Waals surface area contributed by atoms with Gasteiger partial charge in [-0.25, -0.2) is 0 Å². The van der Waals surface area contributed by atoms with Gasteiger partial charge in [0.05, 0.1) is 6.10 Å². The lowest BCUT2D eigenvalue weighted by molar-refractivity contribution is -0.170. The van der Waals surface area contributed by atoms with Crippen molar-refractivity contribution in [2.24, 2.45) is 11.1 Å². The van der Waals surface area contributed by atoms with Crippen molar-refractivity contribution in [2.45, 2.75) is 51.7 Å². The van der Waals surface area contributed by atoms with E-state index in [-0.39, 0.29) is 17.9 Å². The summed E-state index contributed by atoms with van der Waals surface area (Å²) in [5, 5.41) is 6.26. The topological polar surface area (TPSA) is 93.4 Å². The highest BCUT2D eigenvalue weighted by molar-refractivity contribution is 6.30. The Morgan fingerprint density at radius 1 is 1.31 bits per heavy atom. The van der Waals surface area contributed by atoms with Gasteiger partial charge >= 0.3 is 0 Å². The molecule has 144 valence electrons. The van der Waals surface area contributed by atoms with E-state index < -0.39 is 11.0 Å². The van der Waals surface area contributed by atoms with Crippen LogP contribution in [0.5, 0.6) is 0 Å². The van der Waals surface area contributed by atoms with Crippen LogP contribution in [0.4, 0.5) is 5.69 Å². The predicted molar refractivity (Wildman–Crippen MR) is 103 cm³/mol. The van der Waals surface area contributed by atoms with Gasteiger partial charge in [0.1, 0.15) is 5.54 Å². The number of anilines is 1. The van der Waals surface area contributed by atoms with E-state index >= 15 is 0 Å². The third kappa shape index (κ3) is 4.37. The van der Waals surface area contributed by atoms with Crippen LogP contribution >= 0.6 is 11.6 Å². The summed E-state index contributed by atoms with van der Waals surface area (Å²) in [7, 11) is 0. The first-order valence-electron chi connectivity index (χ1n) is 8.95. The van der Waals surface area contributed by atoms with Gasteiger partial charge < -0.3 is 21.1 Å². The van der Waals surface area contributed by atoms with Gasteiger partial charge in [0.25, 0.3) is 0 Å². The minimum Gasteiger partial charge on any atom is -0.378 e. The molecule has 0 radical (unpaired) electrons. The van der Waals surface area contributed by atoms with Crippen LogP contribution in [0.3, 0.4) is 0 Å². The number of benzene rings is 1. The van der Waals surface area contributed by atoms with Crippen molar-refractivity contribution in [3.05, 3.63) is 29.3 Å². The first kappa shape index (κ1) is 20.7. The number of nitrogens with two attached hydrogens (primary N) is 1. The SMILES string of the molecule is CCOC1CC(N)(C(=O)NCCCC(=O)Nc2ccc(Cl)cc2)C1(C)C. The summed E-state index contributed by atoms with van der Waals surface area (Å²) >= 11 is 5.81. The van der Waals surface area contributed by atoms with Crippen LogP contribution in [0, 0.1) is 5.41 Å².